The van der Waals surface area contributed by atoms with Crippen molar-refractivity contribution in [3.8, 4) is 11.5 Å². The highest BCUT2D eigenvalue weighted by molar-refractivity contribution is 8.00. The van der Waals surface area contributed by atoms with Crippen LogP contribution in [-0.4, -0.2) is 24.4 Å². The van der Waals surface area contributed by atoms with Gasteiger partial charge in [-0.05, 0) is 49.7 Å². The van der Waals surface area contributed by atoms with E-state index in [4.69, 9.17) is 21.1 Å². The van der Waals surface area contributed by atoms with Gasteiger partial charge in [-0.25, -0.2) is 0 Å². The quantitative estimate of drug-likeness (QED) is 0.767. The molecule has 2 aromatic rings. The van der Waals surface area contributed by atoms with Gasteiger partial charge in [0.15, 0.2) is 11.5 Å². The molecule has 1 amide bonds. The topological polar surface area (TPSA) is 47.6 Å². The molecule has 1 atom stereocenters. The summed E-state index contributed by atoms with van der Waals surface area (Å²) in [6, 6.07) is 11.2. The lowest BCUT2D eigenvalue weighted by Gasteiger charge is -2.15. The van der Waals surface area contributed by atoms with E-state index in [1.54, 1.807) is 6.07 Å². The molecular weight excluding hydrogens is 358 g/mol. The van der Waals surface area contributed by atoms with Crippen LogP contribution in [0.5, 0.6) is 11.5 Å². The van der Waals surface area contributed by atoms with Crippen molar-refractivity contribution < 1.29 is 14.3 Å². The van der Waals surface area contributed by atoms with Gasteiger partial charge < -0.3 is 14.8 Å². The first-order valence-electron chi connectivity index (χ1n) is 8.16. The summed E-state index contributed by atoms with van der Waals surface area (Å²) in [5, 5.41) is 3.28. The molecule has 0 aromatic heterocycles. The van der Waals surface area contributed by atoms with Gasteiger partial charge in [-0.2, -0.15) is 0 Å². The van der Waals surface area contributed by atoms with Crippen molar-refractivity contribution in [3.05, 3.63) is 47.0 Å². The van der Waals surface area contributed by atoms with E-state index in [1.165, 1.54) is 11.8 Å². The highest BCUT2D eigenvalue weighted by Gasteiger charge is 2.17. The zero-order valence-corrected chi connectivity index (χ0v) is 15.7. The minimum Gasteiger partial charge on any atom is -0.490 e. The van der Waals surface area contributed by atoms with Crippen LogP contribution in [0, 0.1) is 6.92 Å². The Labute approximate surface area is 156 Å². The molecule has 0 bridgehead atoms. The second-order valence-electron chi connectivity index (χ2n) is 5.87. The van der Waals surface area contributed by atoms with E-state index in [9.17, 15) is 4.79 Å². The summed E-state index contributed by atoms with van der Waals surface area (Å²) in [4.78, 5) is 13.5. The molecule has 1 aliphatic rings. The SMILES string of the molecule is Cc1ccc(Cl)cc1NC(=O)C(C)Sc1ccc2c(c1)OCCCO2. The van der Waals surface area contributed by atoms with Gasteiger partial charge in [-0.1, -0.05) is 17.7 Å². The van der Waals surface area contributed by atoms with Crippen LogP contribution >= 0.6 is 23.4 Å². The van der Waals surface area contributed by atoms with Gasteiger partial charge in [0.1, 0.15) is 0 Å². The lowest BCUT2D eigenvalue weighted by Crippen LogP contribution is -2.22. The van der Waals surface area contributed by atoms with Crippen molar-refractivity contribution in [1.82, 2.24) is 0 Å². The number of carbonyl (C=O) groups is 1. The summed E-state index contributed by atoms with van der Waals surface area (Å²) in [7, 11) is 0. The second-order valence-corrected chi connectivity index (χ2v) is 7.72. The molecule has 1 heterocycles. The largest absolute Gasteiger partial charge is 0.490 e. The maximum atomic E-state index is 12.5. The van der Waals surface area contributed by atoms with Crippen molar-refractivity contribution in [2.24, 2.45) is 0 Å². The first-order chi connectivity index (χ1) is 12.0. The van der Waals surface area contributed by atoms with E-state index >= 15 is 0 Å². The number of hydrogen-bond donors (Lipinski definition) is 1. The van der Waals surface area contributed by atoms with Gasteiger partial charge in [-0.15, -0.1) is 11.8 Å². The summed E-state index contributed by atoms with van der Waals surface area (Å²) in [5.41, 5.74) is 1.72. The second kappa shape index (κ2) is 8.02. The summed E-state index contributed by atoms with van der Waals surface area (Å²) in [6.07, 6.45) is 0.870. The molecular formula is C19H20ClNO3S. The molecule has 4 nitrogen and oxygen atoms in total. The third-order valence-corrected chi connectivity index (χ3v) is 5.19. The standard InChI is InChI=1S/C19H20ClNO3S/c1-12-4-5-14(20)10-16(12)21-19(22)13(2)25-15-6-7-17-18(11-15)24-9-3-8-23-17/h4-7,10-11,13H,3,8-9H2,1-2H3,(H,21,22). The Kier molecular flexibility index (Phi) is 5.76. The van der Waals surface area contributed by atoms with E-state index in [1.807, 2.05) is 44.2 Å². The van der Waals surface area contributed by atoms with Crippen molar-refractivity contribution in [1.29, 1.82) is 0 Å². The van der Waals surface area contributed by atoms with Crippen LogP contribution in [-0.2, 0) is 4.79 Å². The first-order valence-corrected chi connectivity index (χ1v) is 9.42. The maximum absolute atomic E-state index is 12.5. The number of halogens is 1. The number of nitrogens with one attached hydrogen (secondary N) is 1. The number of anilines is 1. The molecule has 1 unspecified atom stereocenters. The monoisotopic (exact) mass is 377 g/mol. The Morgan fingerprint density at radius 2 is 1.92 bits per heavy atom. The number of fused-ring (bicyclic) bond motifs is 1. The zero-order valence-electron chi connectivity index (χ0n) is 14.2. The van der Waals surface area contributed by atoms with E-state index in [0.29, 0.717) is 18.2 Å². The average molecular weight is 378 g/mol. The van der Waals surface area contributed by atoms with E-state index < -0.39 is 0 Å². The minimum absolute atomic E-state index is 0.0672. The van der Waals surface area contributed by atoms with Crippen LogP contribution in [0.15, 0.2) is 41.3 Å². The van der Waals surface area contributed by atoms with Crippen molar-refractivity contribution in [3.63, 3.8) is 0 Å². The Hall–Kier alpha value is -1.85. The molecule has 25 heavy (non-hydrogen) atoms. The molecule has 0 aliphatic carbocycles. The van der Waals surface area contributed by atoms with Crippen molar-refractivity contribution in [2.45, 2.75) is 30.4 Å². The Balaban J connectivity index is 1.67. The molecule has 0 saturated carbocycles. The highest BCUT2D eigenvalue weighted by atomic mass is 35.5. The number of hydrogen-bond acceptors (Lipinski definition) is 4. The Morgan fingerprint density at radius 1 is 1.16 bits per heavy atom. The van der Waals surface area contributed by atoms with Gasteiger partial charge in [0, 0.05) is 22.0 Å². The molecule has 3 rings (SSSR count). The predicted octanol–water partition coefficient (Wildman–Crippen LogP) is 4.93. The van der Waals surface area contributed by atoms with E-state index in [0.717, 1.165) is 34.1 Å². The Bertz CT molecular complexity index is 781. The molecule has 132 valence electrons. The molecule has 1 N–H and O–H groups in total. The van der Waals surface area contributed by atoms with Crippen LogP contribution in [0.25, 0.3) is 0 Å². The van der Waals surface area contributed by atoms with E-state index in [2.05, 4.69) is 5.32 Å². The smallest absolute Gasteiger partial charge is 0.237 e. The van der Waals surface area contributed by atoms with Crippen LogP contribution in [0.1, 0.15) is 18.9 Å². The highest BCUT2D eigenvalue weighted by Crippen LogP contribution is 2.35. The third kappa shape index (κ3) is 4.61. The molecule has 0 spiro atoms. The maximum Gasteiger partial charge on any atom is 0.237 e. The van der Waals surface area contributed by atoms with E-state index in [-0.39, 0.29) is 11.2 Å². The number of benzene rings is 2. The molecule has 0 saturated heterocycles. The average Bonchev–Trinajstić information content (AvgIpc) is 2.83. The van der Waals surface area contributed by atoms with Gasteiger partial charge >= 0.3 is 0 Å². The van der Waals surface area contributed by atoms with Gasteiger partial charge in [0.05, 0.1) is 18.5 Å². The van der Waals surface area contributed by atoms with Crippen LogP contribution in [0.4, 0.5) is 5.69 Å². The number of aryl methyl sites for hydroxylation is 1. The zero-order chi connectivity index (χ0) is 17.8. The Morgan fingerprint density at radius 3 is 2.72 bits per heavy atom. The number of amides is 1. The fraction of sp³-hybridized carbons (Fsp3) is 0.316. The number of carbonyl (C=O) groups excluding carboxylic acids is 1. The third-order valence-electron chi connectivity index (χ3n) is 3.86. The van der Waals surface area contributed by atoms with Crippen molar-refractivity contribution >= 4 is 35.0 Å². The first kappa shape index (κ1) is 18.0. The summed E-state index contributed by atoms with van der Waals surface area (Å²) >= 11 is 7.49. The number of ether oxygens (including phenoxy) is 2. The summed E-state index contributed by atoms with van der Waals surface area (Å²) in [6.45, 7) is 5.12. The molecule has 0 fully saturated rings. The van der Waals surface area contributed by atoms with Crippen LogP contribution in [0.2, 0.25) is 5.02 Å². The van der Waals surface area contributed by atoms with Gasteiger partial charge in [0.2, 0.25) is 5.91 Å². The number of rotatable bonds is 4. The number of thioether (sulfide) groups is 1. The summed E-state index contributed by atoms with van der Waals surface area (Å²) in [5.74, 6) is 1.43. The fourth-order valence-corrected chi connectivity index (χ4v) is 3.51. The van der Waals surface area contributed by atoms with Crippen LogP contribution in [0.3, 0.4) is 0 Å². The minimum atomic E-state index is -0.261. The van der Waals surface area contributed by atoms with Gasteiger partial charge in [0.25, 0.3) is 0 Å². The fourth-order valence-electron chi connectivity index (χ4n) is 2.44. The normalized spacial score (nSPS) is 14.5. The molecule has 2 aromatic carbocycles. The lowest BCUT2D eigenvalue weighted by molar-refractivity contribution is -0.115. The predicted molar refractivity (Wildman–Crippen MR) is 102 cm³/mol. The lowest BCUT2D eigenvalue weighted by atomic mass is 10.2. The molecule has 1 aliphatic heterocycles. The van der Waals surface area contributed by atoms with Gasteiger partial charge in [-0.3, -0.25) is 4.79 Å². The summed E-state index contributed by atoms with van der Waals surface area (Å²) < 4.78 is 11.3. The molecule has 0 radical (unpaired) electrons. The van der Waals surface area contributed by atoms with Crippen LogP contribution < -0.4 is 14.8 Å². The molecule has 6 heteroatoms. The van der Waals surface area contributed by atoms with Crippen molar-refractivity contribution in [2.75, 3.05) is 18.5 Å².